The van der Waals surface area contributed by atoms with Crippen molar-refractivity contribution in [2.24, 2.45) is 0 Å². The number of halogens is 1. The fourth-order valence-electron chi connectivity index (χ4n) is 2.20. The first kappa shape index (κ1) is 16.0. The molecule has 0 fully saturated rings. The fourth-order valence-corrected chi connectivity index (χ4v) is 2.20. The van der Waals surface area contributed by atoms with Gasteiger partial charge in [-0.15, -0.1) is 0 Å². The summed E-state index contributed by atoms with van der Waals surface area (Å²) in [5, 5.41) is 20.6. The van der Waals surface area contributed by atoms with E-state index in [4.69, 9.17) is 0 Å². The van der Waals surface area contributed by atoms with E-state index in [1.165, 1.54) is 12.1 Å². The van der Waals surface area contributed by atoms with Gasteiger partial charge in [-0.05, 0) is 29.0 Å². The minimum Gasteiger partial charge on any atom is -0.508 e. The molecule has 0 radical (unpaired) electrons. The van der Waals surface area contributed by atoms with Gasteiger partial charge in [-0.3, -0.25) is 0 Å². The number of rotatable bonds is 2. The molecule has 20 heavy (non-hydrogen) atoms. The molecule has 0 aromatic heterocycles. The molecule has 0 amide bonds. The molecule has 0 bridgehead atoms. The van der Waals surface area contributed by atoms with Gasteiger partial charge in [0.2, 0.25) is 0 Å². The van der Waals surface area contributed by atoms with E-state index in [0.29, 0.717) is 16.3 Å². The van der Waals surface area contributed by atoms with Gasteiger partial charge < -0.3 is 10.2 Å². The van der Waals surface area contributed by atoms with Crippen LogP contribution in [0.4, 0.5) is 4.39 Å². The monoisotopic (exact) mass is 276 g/mol. The first-order valence-electron chi connectivity index (χ1n) is 6.76. The van der Waals surface area contributed by atoms with Crippen LogP contribution in [0.15, 0.2) is 24.8 Å². The summed E-state index contributed by atoms with van der Waals surface area (Å²) in [6.07, 6.45) is 1.43. The highest BCUT2D eigenvalue weighted by molar-refractivity contribution is 5.98. The van der Waals surface area contributed by atoms with Crippen LogP contribution in [0.5, 0.6) is 11.5 Å². The van der Waals surface area contributed by atoms with Gasteiger partial charge >= 0.3 is 0 Å². The maximum absolute atomic E-state index is 13.8. The first-order chi connectivity index (χ1) is 9.45. The number of phenols is 2. The number of phenolic OH excluding ortho intramolecular Hbond substituents is 2. The Kier molecular flexibility index (Phi) is 5.14. The molecule has 3 heteroatoms. The molecule has 2 aromatic carbocycles. The number of fused-ring (bicyclic) bond motifs is 1. The first-order valence-corrected chi connectivity index (χ1v) is 6.76. The van der Waals surface area contributed by atoms with E-state index in [9.17, 15) is 14.6 Å². The molecular weight excluding hydrogens is 255 g/mol. The summed E-state index contributed by atoms with van der Waals surface area (Å²) in [5.41, 5.74) is 1.14. The summed E-state index contributed by atoms with van der Waals surface area (Å²) in [6.45, 7) is 11.5. The maximum atomic E-state index is 13.8. The Hall–Kier alpha value is -2.03. The van der Waals surface area contributed by atoms with Gasteiger partial charge in [-0.1, -0.05) is 40.3 Å². The quantitative estimate of drug-likeness (QED) is 0.793. The van der Waals surface area contributed by atoms with E-state index in [2.05, 4.69) is 6.58 Å². The van der Waals surface area contributed by atoms with Crippen molar-refractivity contribution in [3.05, 3.63) is 41.7 Å². The van der Waals surface area contributed by atoms with Crippen LogP contribution in [0.2, 0.25) is 0 Å². The van der Waals surface area contributed by atoms with Crippen LogP contribution in [-0.2, 0) is 0 Å². The minimum atomic E-state index is -0.511. The summed E-state index contributed by atoms with van der Waals surface area (Å²) in [4.78, 5) is 0. The van der Waals surface area contributed by atoms with Crippen molar-refractivity contribution in [1.29, 1.82) is 0 Å². The van der Waals surface area contributed by atoms with Gasteiger partial charge in [0.15, 0.2) is 0 Å². The van der Waals surface area contributed by atoms with Crippen molar-refractivity contribution in [1.82, 2.24) is 0 Å². The molecule has 0 atom stereocenters. The zero-order valence-electron chi connectivity index (χ0n) is 12.4. The molecule has 0 aliphatic carbocycles. The zero-order chi connectivity index (χ0) is 15.4. The maximum Gasteiger partial charge on any atom is 0.134 e. The standard InChI is InChI=1S/C15H15FO2.C2H6/c1-4-10-13(16)7-14(18)12-6-9(17)5-11(8(2)3)15(10)12;1-2/h4-8,17-18H,1H2,2-3H3;1-2H3. The van der Waals surface area contributed by atoms with E-state index < -0.39 is 5.82 Å². The average Bonchev–Trinajstić information content (AvgIpc) is 2.41. The molecule has 0 spiro atoms. The molecule has 0 unspecified atom stereocenters. The molecular formula is C17H21FO2. The highest BCUT2D eigenvalue weighted by Gasteiger charge is 2.16. The van der Waals surface area contributed by atoms with Crippen molar-refractivity contribution >= 4 is 16.8 Å². The van der Waals surface area contributed by atoms with Gasteiger partial charge in [0.1, 0.15) is 17.3 Å². The minimum absolute atomic E-state index is 0.0584. The summed E-state index contributed by atoms with van der Waals surface area (Å²) < 4.78 is 13.8. The molecule has 2 rings (SSSR count). The fraction of sp³-hybridized carbons (Fsp3) is 0.294. The van der Waals surface area contributed by atoms with Gasteiger partial charge in [-0.25, -0.2) is 4.39 Å². The van der Waals surface area contributed by atoms with Crippen LogP contribution >= 0.6 is 0 Å². The van der Waals surface area contributed by atoms with Crippen LogP contribution < -0.4 is 0 Å². The Balaban J connectivity index is 0.000000956. The Morgan fingerprint density at radius 2 is 1.75 bits per heavy atom. The molecule has 2 aromatic rings. The number of benzene rings is 2. The highest BCUT2D eigenvalue weighted by Crippen LogP contribution is 2.38. The molecule has 0 aliphatic rings. The predicted octanol–water partition coefficient (Wildman–Crippen LogP) is 5.18. The molecule has 108 valence electrons. The summed E-state index contributed by atoms with van der Waals surface area (Å²) >= 11 is 0. The predicted molar refractivity (Wildman–Crippen MR) is 82.8 cm³/mol. The van der Waals surface area contributed by atoms with Gasteiger partial charge in [0, 0.05) is 17.0 Å². The number of hydrogen-bond acceptors (Lipinski definition) is 2. The largest absolute Gasteiger partial charge is 0.508 e. The number of aromatic hydroxyl groups is 2. The molecule has 0 saturated carbocycles. The Morgan fingerprint density at radius 3 is 2.25 bits per heavy atom. The normalized spacial score (nSPS) is 10.3. The van der Waals surface area contributed by atoms with Crippen LogP contribution in [0.1, 0.15) is 44.7 Å². The van der Waals surface area contributed by atoms with E-state index in [0.717, 1.165) is 11.6 Å². The van der Waals surface area contributed by atoms with Crippen LogP contribution in [-0.4, -0.2) is 10.2 Å². The second-order valence-corrected chi connectivity index (χ2v) is 4.61. The second kappa shape index (κ2) is 6.42. The van der Waals surface area contributed by atoms with Crippen molar-refractivity contribution < 1.29 is 14.6 Å². The van der Waals surface area contributed by atoms with Gasteiger partial charge in [0.25, 0.3) is 0 Å². The van der Waals surface area contributed by atoms with Crippen molar-refractivity contribution in [2.45, 2.75) is 33.6 Å². The Morgan fingerprint density at radius 1 is 1.15 bits per heavy atom. The van der Waals surface area contributed by atoms with E-state index in [-0.39, 0.29) is 17.4 Å². The summed E-state index contributed by atoms with van der Waals surface area (Å²) in [5.74, 6) is -0.531. The Labute approximate surface area is 119 Å². The van der Waals surface area contributed by atoms with Gasteiger partial charge in [0.05, 0.1) is 0 Å². The summed E-state index contributed by atoms with van der Waals surface area (Å²) in [6, 6.07) is 4.07. The van der Waals surface area contributed by atoms with Crippen molar-refractivity contribution in [2.75, 3.05) is 0 Å². The smallest absolute Gasteiger partial charge is 0.134 e. The lowest BCUT2D eigenvalue weighted by Crippen LogP contribution is -1.95. The molecule has 0 heterocycles. The van der Waals surface area contributed by atoms with Crippen LogP contribution in [0, 0.1) is 5.82 Å². The third-order valence-corrected chi connectivity index (χ3v) is 3.05. The van der Waals surface area contributed by atoms with E-state index in [1.54, 1.807) is 6.07 Å². The van der Waals surface area contributed by atoms with Crippen LogP contribution in [0.3, 0.4) is 0 Å². The lowest BCUT2D eigenvalue weighted by molar-refractivity contribution is 0.468. The summed E-state index contributed by atoms with van der Waals surface area (Å²) in [7, 11) is 0. The van der Waals surface area contributed by atoms with E-state index in [1.807, 2.05) is 27.7 Å². The molecule has 0 saturated heterocycles. The molecule has 0 aliphatic heterocycles. The SMILES string of the molecule is C=Cc1c(F)cc(O)c2cc(O)cc(C(C)C)c12.CC. The zero-order valence-corrected chi connectivity index (χ0v) is 12.4. The second-order valence-electron chi connectivity index (χ2n) is 4.61. The number of hydrogen-bond donors (Lipinski definition) is 2. The lowest BCUT2D eigenvalue weighted by atomic mass is 9.91. The third kappa shape index (κ3) is 2.77. The topological polar surface area (TPSA) is 40.5 Å². The van der Waals surface area contributed by atoms with Crippen molar-refractivity contribution in [3.63, 3.8) is 0 Å². The van der Waals surface area contributed by atoms with Gasteiger partial charge in [-0.2, -0.15) is 0 Å². The molecule has 2 N–H and O–H groups in total. The Bertz CT molecular complexity index is 631. The van der Waals surface area contributed by atoms with Crippen molar-refractivity contribution in [3.8, 4) is 11.5 Å². The lowest BCUT2D eigenvalue weighted by Gasteiger charge is -2.15. The van der Waals surface area contributed by atoms with Crippen LogP contribution in [0.25, 0.3) is 16.8 Å². The molecule has 2 nitrogen and oxygen atoms in total. The average molecular weight is 276 g/mol. The third-order valence-electron chi connectivity index (χ3n) is 3.05. The van der Waals surface area contributed by atoms with E-state index >= 15 is 0 Å². The highest BCUT2D eigenvalue weighted by atomic mass is 19.1.